The number of carbonyl (C=O) groups excluding carboxylic acids is 1. The van der Waals surface area contributed by atoms with Crippen molar-refractivity contribution in [3.05, 3.63) is 69.5 Å². The van der Waals surface area contributed by atoms with E-state index in [2.05, 4.69) is 10.9 Å². The smallest absolute Gasteiger partial charge is 0.292 e. The zero-order valence-corrected chi connectivity index (χ0v) is 11.7. The Morgan fingerprint density at radius 3 is 2.25 bits per heavy atom. The summed E-state index contributed by atoms with van der Waals surface area (Å²) >= 11 is 0. The average Bonchev–Trinajstić information content (AvgIpc) is 2.52. The summed E-state index contributed by atoms with van der Waals surface area (Å²) in [6, 6.07) is 6.24. The van der Waals surface area contributed by atoms with E-state index in [1.807, 2.05) is 0 Å². The van der Waals surface area contributed by atoms with Crippen LogP contribution in [0, 0.1) is 15.9 Å². The van der Waals surface area contributed by atoms with Gasteiger partial charge < -0.3 is 0 Å². The van der Waals surface area contributed by atoms with Crippen LogP contribution in [0.1, 0.15) is 15.9 Å². The quantitative estimate of drug-likeness (QED) is 0.505. The molecule has 0 saturated carbocycles. The summed E-state index contributed by atoms with van der Waals surface area (Å²) in [4.78, 5) is 21.7. The minimum atomic E-state index is -4.74. The van der Waals surface area contributed by atoms with Gasteiger partial charge in [-0.05, 0) is 36.4 Å². The van der Waals surface area contributed by atoms with Gasteiger partial charge in [0.2, 0.25) is 0 Å². The van der Waals surface area contributed by atoms with E-state index in [-0.39, 0.29) is 11.3 Å². The molecule has 126 valence electrons. The first kappa shape index (κ1) is 17.2. The van der Waals surface area contributed by atoms with Crippen LogP contribution in [0.15, 0.2) is 42.5 Å². The second-order valence-corrected chi connectivity index (χ2v) is 4.57. The molecule has 0 aliphatic heterocycles. The number of amides is 1. The van der Waals surface area contributed by atoms with Gasteiger partial charge >= 0.3 is 6.18 Å². The van der Waals surface area contributed by atoms with E-state index < -0.39 is 34.1 Å². The van der Waals surface area contributed by atoms with Crippen LogP contribution in [0.4, 0.5) is 28.9 Å². The molecule has 24 heavy (non-hydrogen) atoms. The normalized spacial score (nSPS) is 11.0. The highest BCUT2D eigenvalue weighted by Gasteiger charge is 2.33. The largest absolute Gasteiger partial charge is 0.416 e. The summed E-state index contributed by atoms with van der Waals surface area (Å²) in [7, 11) is 0. The van der Waals surface area contributed by atoms with Crippen molar-refractivity contribution in [1.29, 1.82) is 0 Å². The molecule has 2 rings (SSSR count). The molecule has 0 aromatic heterocycles. The van der Waals surface area contributed by atoms with Gasteiger partial charge in [-0.1, -0.05) is 0 Å². The van der Waals surface area contributed by atoms with Gasteiger partial charge in [-0.15, -0.1) is 0 Å². The van der Waals surface area contributed by atoms with E-state index in [0.29, 0.717) is 12.1 Å². The first-order chi connectivity index (χ1) is 11.2. The molecular formula is C14H9F4N3O3. The van der Waals surface area contributed by atoms with E-state index in [1.165, 1.54) is 12.1 Å². The maximum Gasteiger partial charge on any atom is 0.416 e. The number of hydrazine groups is 1. The molecule has 0 fully saturated rings. The number of nitrogens with zero attached hydrogens (tertiary/aromatic N) is 1. The van der Waals surface area contributed by atoms with Gasteiger partial charge in [0.05, 0.1) is 10.5 Å². The molecule has 0 spiro atoms. The van der Waals surface area contributed by atoms with E-state index in [1.54, 1.807) is 0 Å². The SMILES string of the molecule is O=C(NNc1ccc(C(F)(F)F)cc1[N+](=O)[O-])c1ccc(F)cc1. The molecule has 2 N–H and O–H groups in total. The molecule has 0 saturated heterocycles. The molecule has 2 aromatic rings. The van der Waals surface area contributed by atoms with Crippen molar-refractivity contribution in [2.45, 2.75) is 6.18 Å². The molecule has 0 heterocycles. The van der Waals surface area contributed by atoms with Gasteiger partial charge in [0.1, 0.15) is 11.5 Å². The third kappa shape index (κ3) is 3.97. The van der Waals surface area contributed by atoms with Gasteiger partial charge in [-0.25, -0.2) is 4.39 Å². The molecule has 0 aliphatic rings. The molecule has 10 heteroatoms. The van der Waals surface area contributed by atoms with Crippen LogP contribution in [0.2, 0.25) is 0 Å². The number of rotatable bonds is 4. The molecular weight excluding hydrogens is 334 g/mol. The summed E-state index contributed by atoms with van der Waals surface area (Å²) in [6.45, 7) is 0. The minimum absolute atomic E-state index is 0.0541. The second kappa shape index (κ2) is 6.52. The average molecular weight is 343 g/mol. The molecule has 2 aromatic carbocycles. The summed E-state index contributed by atoms with van der Waals surface area (Å²) in [5, 5.41) is 10.9. The van der Waals surface area contributed by atoms with Crippen LogP contribution < -0.4 is 10.9 Å². The van der Waals surface area contributed by atoms with Gasteiger partial charge in [0, 0.05) is 11.6 Å². The van der Waals surface area contributed by atoms with Crippen molar-refractivity contribution in [3.63, 3.8) is 0 Å². The van der Waals surface area contributed by atoms with E-state index >= 15 is 0 Å². The Bertz CT molecular complexity index is 776. The number of alkyl halides is 3. The summed E-state index contributed by atoms with van der Waals surface area (Å²) < 4.78 is 50.5. The molecule has 0 aliphatic carbocycles. The van der Waals surface area contributed by atoms with Crippen molar-refractivity contribution in [1.82, 2.24) is 5.43 Å². The fourth-order valence-electron chi connectivity index (χ4n) is 1.76. The van der Waals surface area contributed by atoms with Crippen LogP contribution in [-0.4, -0.2) is 10.8 Å². The highest BCUT2D eigenvalue weighted by atomic mass is 19.4. The predicted molar refractivity (Wildman–Crippen MR) is 75.6 cm³/mol. The van der Waals surface area contributed by atoms with E-state index in [0.717, 1.165) is 18.2 Å². The van der Waals surface area contributed by atoms with E-state index in [9.17, 15) is 32.5 Å². The Hall–Kier alpha value is -3.17. The first-order valence-corrected chi connectivity index (χ1v) is 6.36. The summed E-state index contributed by atoms with van der Waals surface area (Å²) in [5.41, 5.74) is 1.95. The summed E-state index contributed by atoms with van der Waals surface area (Å²) in [5.74, 6) is -1.30. The van der Waals surface area contributed by atoms with Crippen LogP contribution in [0.25, 0.3) is 0 Å². The number of nitrogens with one attached hydrogen (secondary N) is 2. The van der Waals surface area contributed by atoms with Crippen molar-refractivity contribution < 1.29 is 27.3 Å². The van der Waals surface area contributed by atoms with Gasteiger partial charge in [0.15, 0.2) is 0 Å². The standard InChI is InChI=1S/C14H9F4N3O3/c15-10-4-1-8(2-5-10)13(22)20-19-11-6-3-9(14(16,17)18)7-12(11)21(23)24/h1-7,19H,(H,20,22). The van der Waals surface area contributed by atoms with Gasteiger partial charge in [-0.3, -0.25) is 25.8 Å². The minimum Gasteiger partial charge on any atom is -0.292 e. The van der Waals surface area contributed by atoms with Crippen LogP contribution in [-0.2, 0) is 6.18 Å². The lowest BCUT2D eigenvalue weighted by Crippen LogP contribution is -2.29. The number of halogens is 4. The molecule has 0 unspecified atom stereocenters. The number of nitro benzene ring substituents is 1. The molecule has 6 nitrogen and oxygen atoms in total. The summed E-state index contributed by atoms with van der Waals surface area (Å²) in [6.07, 6.45) is -4.74. The number of hydrogen-bond acceptors (Lipinski definition) is 4. The molecule has 0 bridgehead atoms. The lowest BCUT2D eigenvalue weighted by atomic mass is 10.1. The maximum absolute atomic E-state index is 12.8. The molecule has 1 amide bonds. The highest BCUT2D eigenvalue weighted by Crippen LogP contribution is 2.34. The van der Waals surface area contributed by atoms with Crippen molar-refractivity contribution in [2.75, 3.05) is 5.43 Å². The van der Waals surface area contributed by atoms with Gasteiger partial charge in [-0.2, -0.15) is 13.2 Å². The molecule has 0 radical (unpaired) electrons. The maximum atomic E-state index is 12.8. The van der Waals surface area contributed by atoms with Crippen LogP contribution in [0.3, 0.4) is 0 Å². The van der Waals surface area contributed by atoms with Crippen molar-refractivity contribution in [3.8, 4) is 0 Å². The fraction of sp³-hybridized carbons (Fsp3) is 0.0714. The Balaban J connectivity index is 2.18. The highest BCUT2D eigenvalue weighted by molar-refractivity contribution is 5.95. The van der Waals surface area contributed by atoms with Crippen LogP contribution in [0.5, 0.6) is 0 Å². The number of benzene rings is 2. The Labute approximate surface area is 132 Å². The second-order valence-electron chi connectivity index (χ2n) is 4.57. The fourth-order valence-corrected chi connectivity index (χ4v) is 1.76. The third-order valence-electron chi connectivity index (χ3n) is 2.94. The number of carbonyl (C=O) groups is 1. The zero-order valence-electron chi connectivity index (χ0n) is 11.7. The number of hydrogen-bond donors (Lipinski definition) is 2. The lowest BCUT2D eigenvalue weighted by Gasteiger charge is -2.11. The Morgan fingerprint density at radius 1 is 1.08 bits per heavy atom. The zero-order chi connectivity index (χ0) is 17.9. The van der Waals surface area contributed by atoms with Gasteiger partial charge in [0.25, 0.3) is 11.6 Å². The molecule has 0 atom stereocenters. The number of nitro groups is 1. The van der Waals surface area contributed by atoms with Crippen molar-refractivity contribution >= 4 is 17.3 Å². The van der Waals surface area contributed by atoms with E-state index in [4.69, 9.17) is 0 Å². The Morgan fingerprint density at radius 2 is 1.71 bits per heavy atom. The predicted octanol–water partition coefficient (Wildman–Crippen LogP) is 3.51. The lowest BCUT2D eigenvalue weighted by molar-refractivity contribution is -0.384. The topological polar surface area (TPSA) is 84.3 Å². The third-order valence-corrected chi connectivity index (χ3v) is 2.94. The Kier molecular flexibility index (Phi) is 4.67. The monoisotopic (exact) mass is 343 g/mol. The first-order valence-electron chi connectivity index (χ1n) is 6.36. The van der Waals surface area contributed by atoms with Crippen LogP contribution >= 0.6 is 0 Å². The van der Waals surface area contributed by atoms with Crippen molar-refractivity contribution in [2.24, 2.45) is 0 Å². The number of anilines is 1.